The third-order valence-corrected chi connectivity index (χ3v) is 4.21. The average Bonchev–Trinajstić information content (AvgIpc) is 2.62. The summed E-state index contributed by atoms with van der Waals surface area (Å²) in [4.78, 5) is 6.72. The molecule has 8 heteroatoms. The van der Waals surface area contributed by atoms with Crippen LogP contribution < -0.4 is 10.6 Å². The van der Waals surface area contributed by atoms with Crippen LogP contribution in [0.5, 0.6) is 0 Å². The van der Waals surface area contributed by atoms with E-state index >= 15 is 0 Å². The van der Waals surface area contributed by atoms with Gasteiger partial charge in [-0.05, 0) is 38.0 Å². The number of aliphatic hydroxyl groups is 1. The Labute approximate surface area is 178 Å². The zero-order valence-electron chi connectivity index (χ0n) is 16.2. The lowest BCUT2D eigenvalue weighted by atomic mass is 10.1. The van der Waals surface area contributed by atoms with Crippen molar-refractivity contribution >= 4 is 29.9 Å². The van der Waals surface area contributed by atoms with Gasteiger partial charge in [0.25, 0.3) is 0 Å². The van der Waals surface area contributed by atoms with Gasteiger partial charge in [0.1, 0.15) is 5.82 Å². The summed E-state index contributed by atoms with van der Waals surface area (Å²) in [5.41, 5.74) is 0.172. The second-order valence-electron chi connectivity index (χ2n) is 6.88. The van der Waals surface area contributed by atoms with E-state index in [1.165, 1.54) is 12.1 Å². The Balaban J connectivity index is 0.00000364. The molecule has 1 unspecified atom stereocenters. The van der Waals surface area contributed by atoms with Crippen molar-refractivity contribution < 1.29 is 14.2 Å². The third-order valence-electron chi connectivity index (χ3n) is 4.21. The van der Waals surface area contributed by atoms with Crippen molar-refractivity contribution in [3.05, 3.63) is 35.6 Å². The maximum atomic E-state index is 12.9. The minimum absolute atomic E-state index is 0. The van der Waals surface area contributed by atoms with Gasteiger partial charge < -0.3 is 20.5 Å². The van der Waals surface area contributed by atoms with Gasteiger partial charge in [-0.25, -0.2) is 4.39 Å². The summed E-state index contributed by atoms with van der Waals surface area (Å²) < 4.78 is 18.3. The zero-order valence-corrected chi connectivity index (χ0v) is 18.5. The number of β-amino-alcohol motifs (C(OH)–C–C–N with tert-alkyl or cyclic N) is 1. The van der Waals surface area contributed by atoms with Gasteiger partial charge in [-0.1, -0.05) is 12.1 Å². The molecule has 0 aliphatic carbocycles. The lowest BCUT2D eigenvalue weighted by molar-refractivity contribution is -0.0179. The molecule has 1 aromatic carbocycles. The van der Waals surface area contributed by atoms with Crippen molar-refractivity contribution in [3.8, 4) is 0 Å². The van der Waals surface area contributed by atoms with Crippen LogP contribution in [0.2, 0.25) is 0 Å². The van der Waals surface area contributed by atoms with Crippen molar-refractivity contribution in [1.82, 2.24) is 15.5 Å². The third kappa shape index (κ3) is 9.68. The number of morpholine rings is 1. The fraction of sp³-hybridized carbons (Fsp3) is 0.632. The number of halogens is 2. The molecule has 0 spiro atoms. The van der Waals surface area contributed by atoms with Crippen LogP contribution in [0, 0.1) is 5.82 Å². The van der Waals surface area contributed by atoms with Crippen molar-refractivity contribution in [3.63, 3.8) is 0 Å². The molecular formula is C19H32FIN4O2. The van der Waals surface area contributed by atoms with E-state index in [1.54, 1.807) is 12.1 Å². The van der Waals surface area contributed by atoms with Crippen LogP contribution in [-0.2, 0) is 11.2 Å². The number of hydrogen-bond acceptors (Lipinski definition) is 4. The predicted molar refractivity (Wildman–Crippen MR) is 117 cm³/mol. The second kappa shape index (κ2) is 12.5. The van der Waals surface area contributed by atoms with E-state index in [1.807, 2.05) is 13.8 Å². The fourth-order valence-corrected chi connectivity index (χ4v) is 2.86. The largest absolute Gasteiger partial charge is 0.387 e. The normalized spacial score (nSPS) is 17.7. The van der Waals surface area contributed by atoms with Crippen molar-refractivity contribution in [2.45, 2.75) is 25.9 Å². The van der Waals surface area contributed by atoms with E-state index in [-0.39, 0.29) is 29.8 Å². The quantitative estimate of drug-likeness (QED) is 0.291. The predicted octanol–water partition coefficient (Wildman–Crippen LogP) is 1.62. The first kappa shape index (κ1) is 24.1. The monoisotopic (exact) mass is 494 g/mol. The number of nitrogens with one attached hydrogen (secondary N) is 2. The Morgan fingerprint density at radius 2 is 1.93 bits per heavy atom. The van der Waals surface area contributed by atoms with Gasteiger partial charge in [-0.15, -0.1) is 24.0 Å². The molecule has 27 heavy (non-hydrogen) atoms. The van der Waals surface area contributed by atoms with Crippen LogP contribution in [0.3, 0.4) is 0 Å². The number of benzene rings is 1. The minimum atomic E-state index is -0.892. The molecule has 1 aromatic rings. The summed E-state index contributed by atoms with van der Waals surface area (Å²) in [6.45, 7) is 9.25. The Morgan fingerprint density at radius 1 is 1.26 bits per heavy atom. The van der Waals surface area contributed by atoms with Crippen molar-refractivity contribution in [1.29, 1.82) is 0 Å². The van der Waals surface area contributed by atoms with Gasteiger partial charge in [0.15, 0.2) is 5.96 Å². The maximum Gasteiger partial charge on any atom is 0.191 e. The number of guanidine groups is 1. The van der Waals surface area contributed by atoms with Crippen LogP contribution in [0.4, 0.5) is 4.39 Å². The highest BCUT2D eigenvalue weighted by molar-refractivity contribution is 14.0. The van der Waals surface area contributed by atoms with Crippen LogP contribution in [0.1, 0.15) is 19.4 Å². The Hall–Kier alpha value is -0.970. The van der Waals surface area contributed by atoms with Crippen LogP contribution in [0.25, 0.3) is 0 Å². The molecule has 1 fully saturated rings. The zero-order chi connectivity index (χ0) is 18.8. The van der Waals surface area contributed by atoms with Gasteiger partial charge in [-0.2, -0.15) is 0 Å². The summed E-state index contributed by atoms with van der Waals surface area (Å²) in [6, 6.07) is 6.51. The summed E-state index contributed by atoms with van der Waals surface area (Å²) in [5.74, 6) is 0.455. The number of rotatable bonds is 8. The molecule has 154 valence electrons. The average molecular weight is 494 g/mol. The Kier molecular flexibility index (Phi) is 11.1. The van der Waals surface area contributed by atoms with E-state index in [4.69, 9.17) is 4.74 Å². The Morgan fingerprint density at radius 3 is 2.56 bits per heavy atom. The lowest BCUT2D eigenvalue weighted by Gasteiger charge is -2.33. The molecular weight excluding hydrogens is 462 g/mol. The van der Waals surface area contributed by atoms with E-state index < -0.39 is 5.60 Å². The molecule has 0 bridgehead atoms. The van der Waals surface area contributed by atoms with Crippen LogP contribution in [-0.4, -0.2) is 74.0 Å². The summed E-state index contributed by atoms with van der Waals surface area (Å²) in [7, 11) is 0. The number of nitrogens with zero attached hydrogens (tertiary/aromatic N) is 2. The van der Waals surface area contributed by atoms with Crippen molar-refractivity contribution in [2.75, 3.05) is 52.5 Å². The lowest BCUT2D eigenvalue weighted by Crippen LogP contribution is -2.48. The van der Waals surface area contributed by atoms with E-state index in [2.05, 4.69) is 20.5 Å². The highest BCUT2D eigenvalue weighted by Gasteiger charge is 2.25. The molecule has 1 aliphatic heterocycles. The number of aliphatic imine (C=N–C) groups is 1. The maximum absolute atomic E-state index is 12.9. The first-order valence-electron chi connectivity index (χ1n) is 9.27. The van der Waals surface area contributed by atoms with Crippen LogP contribution >= 0.6 is 24.0 Å². The van der Waals surface area contributed by atoms with Gasteiger partial charge in [0.2, 0.25) is 0 Å². The first-order valence-corrected chi connectivity index (χ1v) is 9.27. The summed E-state index contributed by atoms with van der Waals surface area (Å²) in [6.07, 6.45) is 0.773. The second-order valence-corrected chi connectivity index (χ2v) is 6.88. The first-order chi connectivity index (χ1) is 12.5. The van der Waals surface area contributed by atoms with Gasteiger partial charge in [0, 0.05) is 32.7 Å². The van der Waals surface area contributed by atoms with Crippen LogP contribution in [0.15, 0.2) is 29.3 Å². The molecule has 1 aliphatic rings. The molecule has 0 radical (unpaired) electrons. The molecule has 1 heterocycles. The molecule has 6 nitrogen and oxygen atoms in total. The fourth-order valence-electron chi connectivity index (χ4n) is 2.86. The smallest absolute Gasteiger partial charge is 0.191 e. The Bertz CT molecular complexity index is 563. The highest BCUT2D eigenvalue weighted by Crippen LogP contribution is 2.09. The van der Waals surface area contributed by atoms with Gasteiger partial charge in [0.05, 0.1) is 25.4 Å². The molecule has 3 N–H and O–H groups in total. The van der Waals surface area contributed by atoms with Gasteiger partial charge >= 0.3 is 0 Å². The molecule has 0 amide bonds. The standard InChI is InChI=1S/C19H31FN4O2.HI/c1-3-21-18(22-9-8-16-4-6-17(20)7-5-16)23-14-19(2,25)15-24-10-12-26-13-11-24;/h4-7,25H,3,8-15H2,1-2H3,(H2,21,22,23);1H. The molecule has 2 rings (SSSR count). The number of hydrogen-bond donors (Lipinski definition) is 3. The van der Waals surface area contributed by atoms with Crippen molar-refractivity contribution in [2.24, 2.45) is 4.99 Å². The SMILES string of the molecule is CCNC(=NCC(C)(O)CN1CCOCC1)NCCc1ccc(F)cc1.I. The topological polar surface area (TPSA) is 69.1 Å². The molecule has 0 aromatic heterocycles. The van der Waals surface area contributed by atoms with Gasteiger partial charge in [-0.3, -0.25) is 9.89 Å². The van der Waals surface area contributed by atoms with E-state index in [0.717, 1.165) is 31.6 Å². The summed E-state index contributed by atoms with van der Waals surface area (Å²) in [5, 5.41) is 17.1. The van der Waals surface area contributed by atoms with E-state index in [9.17, 15) is 9.50 Å². The number of ether oxygens (including phenoxy) is 1. The minimum Gasteiger partial charge on any atom is -0.387 e. The van der Waals surface area contributed by atoms with E-state index in [0.29, 0.717) is 38.8 Å². The molecule has 1 saturated heterocycles. The highest BCUT2D eigenvalue weighted by atomic mass is 127. The molecule has 0 saturated carbocycles. The molecule has 1 atom stereocenters. The summed E-state index contributed by atoms with van der Waals surface area (Å²) >= 11 is 0.